The molecular formula is C15H28N2O. The van der Waals surface area contributed by atoms with E-state index in [0.29, 0.717) is 6.54 Å². The standard InChI is InChI=1S/C15H28N2O/c1-2-12-5-7-13(8-6-12)14(18)17-15(11-16)9-3-4-10-15/h12-13H,2-11,16H2,1H3,(H,17,18). The number of nitrogens with one attached hydrogen (secondary N) is 1. The molecule has 2 fully saturated rings. The molecule has 2 rings (SSSR count). The van der Waals surface area contributed by atoms with E-state index in [1.165, 1.54) is 32.1 Å². The van der Waals surface area contributed by atoms with Gasteiger partial charge in [-0.1, -0.05) is 26.2 Å². The van der Waals surface area contributed by atoms with Gasteiger partial charge in [0.1, 0.15) is 0 Å². The van der Waals surface area contributed by atoms with Crippen LogP contribution in [0, 0.1) is 11.8 Å². The molecule has 0 saturated heterocycles. The molecule has 104 valence electrons. The number of carbonyl (C=O) groups excluding carboxylic acids is 1. The van der Waals surface area contributed by atoms with E-state index in [9.17, 15) is 4.79 Å². The van der Waals surface area contributed by atoms with Gasteiger partial charge in [-0.15, -0.1) is 0 Å². The van der Waals surface area contributed by atoms with Crippen LogP contribution in [0.4, 0.5) is 0 Å². The molecule has 0 aliphatic heterocycles. The van der Waals surface area contributed by atoms with E-state index in [0.717, 1.165) is 31.6 Å². The molecule has 2 aliphatic carbocycles. The normalized spacial score (nSPS) is 31.2. The van der Waals surface area contributed by atoms with Crippen LogP contribution in [0.25, 0.3) is 0 Å². The maximum Gasteiger partial charge on any atom is 0.223 e. The molecule has 3 N–H and O–H groups in total. The minimum absolute atomic E-state index is 0.0707. The van der Waals surface area contributed by atoms with Crippen LogP contribution >= 0.6 is 0 Å². The third-order valence-corrected chi connectivity index (χ3v) is 5.13. The van der Waals surface area contributed by atoms with Crippen molar-refractivity contribution in [3.63, 3.8) is 0 Å². The molecule has 0 bridgehead atoms. The SMILES string of the molecule is CCC1CCC(C(=O)NC2(CN)CCCC2)CC1. The molecule has 3 nitrogen and oxygen atoms in total. The lowest BCUT2D eigenvalue weighted by molar-refractivity contribution is -0.128. The highest BCUT2D eigenvalue weighted by Crippen LogP contribution is 2.33. The van der Waals surface area contributed by atoms with E-state index in [1.54, 1.807) is 0 Å². The van der Waals surface area contributed by atoms with Crippen molar-refractivity contribution in [1.29, 1.82) is 0 Å². The lowest BCUT2D eigenvalue weighted by Gasteiger charge is -2.33. The average molecular weight is 252 g/mol. The Bertz CT molecular complexity index is 276. The van der Waals surface area contributed by atoms with Crippen molar-refractivity contribution < 1.29 is 4.79 Å². The zero-order chi connectivity index (χ0) is 13.0. The van der Waals surface area contributed by atoms with Crippen molar-refractivity contribution in [3.8, 4) is 0 Å². The number of nitrogens with two attached hydrogens (primary N) is 1. The zero-order valence-electron chi connectivity index (χ0n) is 11.7. The van der Waals surface area contributed by atoms with Crippen LogP contribution in [-0.4, -0.2) is 18.0 Å². The summed E-state index contributed by atoms with van der Waals surface area (Å²) in [6, 6.07) is 0. The molecule has 0 heterocycles. The first-order chi connectivity index (χ1) is 8.69. The number of carbonyl (C=O) groups is 1. The summed E-state index contributed by atoms with van der Waals surface area (Å²) >= 11 is 0. The highest BCUT2D eigenvalue weighted by atomic mass is 16.2. The molecule has 0 unspecified atom stereocenters. The molecule has 3 heteroatoms. The van der Waals surface area contributed by atoms with Gasteiger partial charge in [0, 0.05) is 12.5 Å². The van der Waals surface area contributed by atoms with E-state index in [-0.39, 0.29) is 17.4 Å². The van der Waals surface area contributed by atoms with Gasteiger partial charge in [-0.25, -0.2) is 0 Å². The Kier molecular flexibility index (Phi) is 4.66. The van der Waals surface area contributed by atoms with Crippen LogP contribution in [-0.2, 0) is 4.79 Å². The van der Waals surface area contributed by atoms with Crippen molar-refractivity contribution in [2.24, 2.45) is 17.6 Å². The van der Waals surface area contributed by atoms with Crippen molar-refractivity contribution >= 4 is 5.91 Å². The summed E-state index contributed by atoms with van der Waals surface area (Å²) in [4.78, 5) is 12.3. The predicted octanol–water partition coefficient (Wildman–Crippen LogP) is 2.59. The van der Waals surface area contributed by atoms with Gasteiger partial charge in [-0.2, -0.15) is 0 Å². The fourth-order valence-corrected chi connectivity index (χ4v) is 3.63. The third-order valence-electron chi connectivity index (χ3n) is 5.13. The Hall–Kier alpha value is -0.570. The maximum absolute atomic E-state index is 12.3. The molecule has 0 radical (unpaired) electrons. The average Bonchev–Trinajstić information content (AvgIpc) is 2.88. The summed E-state index contributed by atoms with van der Waals surface area (Å²) in [7, 11) is 0. The van der Waals surface area contributed by atoms with Gasteiger partial charge in [0.05, 0.1) is 5.54 Å². The second kappa shape index (κ2) is 6.05. The van der Waals surface area contributed by atoms with E-state index >= 15 is 0 Å². The van der Waals surface area contributed by atoms with E-state index in [2.05, 4.69) is 12.2 Å². The Morgan fingerprint density at radius 1 is 1.22 bits per heavy atom. The Morgan fingerprint density at radius 3 is 2.33 bits per heavy atom. The molecule has 0 aromatic carbocycles. The summed E-state index contributed by atoms with van der Waals surface area (Å²) in [6.07, 6.45) is 10.4. The van der Waals surface area contributed by atoms with Crippen LogP contribution < -0.4 is 11.1 Å². The smallest absolute Gasteiger partial charge is 0.223 e. The van der Waals surface area contributed by atoms with E-state index in [1.807, 2.05) is 0 Å². The fraction of sp³-hybridized carbons (Fsp3) is 0.933. The number of amides is 1. The molecule has 0 spiro atoms. The highest BCUT2D eigenvalue weighted by molar-refractivity contribution is 5.79. The van der Waals surface area contributed by atoms with Crippen molar-refractivity contribution in [3.05, 3.63) is 0 Å². The van der Waals surface area contributed by atoms with E-state index < -0.39 is 0 Å². The van der Waals surface area contributed by atoms with Gasteiger partial charge < -0.3 is 11.1 Å². The Labute approximate surface area is 111 Å². The molecule has 0 aromatic heterocycles. The molecule has 18 heavy (non-hydrogen) atoms. The van der Waals surface area contributed by atoms with Gasteiger partial charge in [0.15, 0.2) is 0 Å². The first kappa shape index (κ1) is 13.9. The molecule has 2 aliphatic rings. The van der Waals surface area contributed by atoms with Gasteiger partial charge >= 0.3 is 0 Å². The van der Waals surface area contributed by atoms with Gasteiger partial charge in [-0.05, 0) is 44.4 Å². The molecule has 0 atom stereocenters. The summed E-state index contributed by atoms with van der Waals surface area (Å²) in [5.74, 6) is 1.37. The van der Waals surface area contributed by atoms with Crippen LogP contribution in [0.1, 0.15) is 64.7 Å². The second-order valence-electron chi connectivity index (χ2n) is 6.31. The third kappa shape index (κ3) is 3.05. The molecular weight excluding hydrogens is 224 g/mol. The fourth-order valence-electron chi connectivity index (χ4n) is 3.63. The zero-order valence-corrected chi connectivity index (χ0v) is 11.7. The monoisotopic (exact) mass is 252 g/mol. The first-order valence-corrected chi connectivity index (χ1v) is 7.71. The van der Waals surface area contributed by atoms with Crippen LogP contribution in [0.5, 0.6) is 0 Å². The van der Waals surface area contributed by atoms with Gasteiger partial charge in [-0.3, -0.25) is 4.79 Å². The summed E-state index contributed by atoms with van der Waals surface area (Å²) < 4.78 is 0. The molecule has 1 amide bonds. The largest absolute Gasteiger partial charge is 0.349 e. The Morgan fingerprint density at radius 2 is 1.83 bits per heavy atom. The lowest BCUT2D eigenvalue weighted by atomic mass is 9.80. The number of hydrogen-bond donors (Lipinski definition) is 2. The summed E-state index contributed by atoms with van der Waals surface area (Å²) in [5.41, 5.74) is 5.80. The first-order valence-electron chi connectivity index (χ1n) is 7.71. The second-order valence-corrected chi connectivity index (χ2v) is 6.31. The van der Waals surface area contributed by atoms with Crippen molar-refractivity contribution in [2.45, 2.75) is 70.3 Å². The quantitative estimate of drug-likeness (QED) is 0.808. The Balaban J connectivity index is 1.84. The van der Waals surface area contributed by atoms with Gasteiger partial charge in [0.25, 0.3) is 0 Å². The highest BCUT2D eigenvalue weighted by Gasteiger charge is 2.36. The van der Waals surface area contributed by atoms with Crippen LogP contribution in [0.3, 0.4) is 0 Å². The molecule has 2 saturated carbocycles. The summed E-state index contributed by atoms with van der Waals surface area (Å²) in [5, 5.41) is 3.28. The maximum atomic E-state index is 12.3. The van der Waals surface area contributed by atoms with Crippen LogP contribution in [0.15, 0.2) is 0 Å². The van der Waals surface area contributed by atoms with Gasteiger partial charge in [0.2, 0.25) is 5.91 Å². The van der Waals surface area contributed by atoms with Crippen molar-refractivity contribution in [2.75, 3.05) is 6.54 Å². The topological polar surface area (TPSA) is 55.1 Å². The minimum atomic E-state index is -0.0707. The minimum Gasteiger partial charge on any atom is -0.349 e. The molecule has 0 aromatic rings. The lowest BCUT2D eigenvalue weighted by Crippen LogP contribution is -2.53. The number of hydrogen-bond acceptors (Lipinski definition) is 2. The van der Waals surface area contributed by atoms with E-state index in [4.69, 9.17) is 5.73 Å². The summed E-state index contributed by atoms with van der Waals surface area (Å²) in [6.45, 7) is 2.86. The van der Waals surface area contributed by atoms with Crippen molar-refractivity contribution in [1.82, 2.24) is 5.32 Å². The number of rotatable bonds is 4. The van der Waals surface area contributed by atoms with Crippen LogP contribution in [0.2, 0.25) is 0 Å². The predicted molar refractivity (Wildman–Crippen MR) is 74.1 cm³/mol.